The minimum Gasteiger partial charge on any atom is -0.377 e. The van der Waals surface area contributed by atoms with E-state index in [0.29, 0.717) is 17.6 Å². The lowest BCUT2D eigenvalue weighted by Crippen LogP contribution is -2.23. The summed E-state index contributed by atoms with van der Waals surface area (Å²) in [5, 5.41) is 0.298. The van der Waals surface area contributed by atoms with Gasteiger partial charge in [0.1, 0.15) is 5.65 Å². The summed E-state index contributed by atoms with van der Waals surface area (Å²) in [5.74, 6) is 0. The third-order valence-electron chi connectivity index (χ3n) is 2.79. The van der Waals surface area contributed by atoms with E-state index in [2.05, 4.69) is 9.97 Å². The zero-order chi connectivity index (χ0) is 14.9. The van der Waals surface area contributed by atoms with E-state index >= 15 is 0 Å². The number of hydrogen-bond acceptors (Lipinski definition) is 6. The summed E-state index contributed by atoms with van der Waals surface area (Å²) in [7, 11) is -1.97. The van der Waals surface area contributed by atoms with Gasteiger partial charge in [0.25, 0.3) is 5.56 Å². The van der Waals surface area contributed by atoms with Gasteiger partial charge < -0.3 is 4.74 Å². The average molecular weight is 297 g/mol. The highest BCUT2D eigenvalue weighted by atomic mass is 32.2. The van der Waals surface area contributed by atoms with Crippen LogP contribution < -0.4 is 5.56 Å². The molecule has 0 N–H and O–H groups in total. The zero-order valence-electron chi connectivity index (χ0n) is 11.5. The SMILES string of the molecule is CCOCc1cc2cnc(S(C)(=O)=O)nc2n(C)c1=O. The quantitative estimate of drug-likeness (QED) is 0.752. The first kappa shape index (κ1) is 14.6. The highest BCUT2D eigenvalue weighted by Gasteiger charge is 2.14. The van der Waals surface area contributed by atoms with Gasteiger partial charge in [-0.1, -0.05) is 0 Å². The molecular formula is C12H15N3O4S. The van der Waals surface area contributed by atoms with Crippen molar-refractivity contribution in [2.24, 2.45) is 7.05 Å². The summed E-state index contributed by atoms with van der Waals surface area (Å²) in [4.78, 5) is 19.9. The molecule has 0 spiro atoms. The molecule has 0 aliphatic heterocycles. The van der Waals surface area contributed by atoms with Crippen LogP contribution in [0.1, 0.15) is 12.5 Å². The molecule has 2 rings (SSSR count). The van der Waals surface area contributed by atoms with Crippen molar-refractivity contribution < 1.29 is 13.2 Å². The summed E-state index contributed by atoms with van der Waals surface area (Å²) in [6, 6.07) is 1.62. The van der Waals surface area contributed by atoms with E-state index < -0.39 is 9.84 Å². The zero-order valence-corrected chi connectivity index (χ0v) is 12.3. The van der Waals surface area contributed by atoms with Crippen LogP contribution in [0.2, 0.25) is 0 Å². The van der Waals surface area contributed by atoms with Crippen LogP contribution in [0.25, 0.3) is 11.0 Å². The average Bonchev–Trinajstić information content (AvgIpc) is 2.39. The van der Waals surface area contributed by atoms with E-state index in [9.17, 15) is 13.2 Å². The lowest BCUT2D eigenvalue weighted by atomic mass is 10.2. The number of aromatic nitrogens is 3. The molecule has 0 unspecified atom stereocenters. The minimum atomic E-state index is -3.51. The van der Waals surface area contributed by atoms with Gasteiger partial charge in [0.05, 0.1) is 6.61 Å². The molecule has 20 heavy (non-hydrogen) atoms. The molecule has 7 nitrogen and oxygen atoms in total. The Morgan fingerprint density at radius 3 is 2.70 bits per heavy atom. The second-order valence-electron chi connectivity index (χ2n) is 4.37. The summed E-state index contributed by atoms with van der Waals surface area (Å²) in [6.07, 6.45) is 2.42. The Bertz CT molecular complexity index is 811. The van der Waals surface area contributed by atoms with Crippen LogP contribution in [0.3, 0.4) is 0 Å². The van der Waals surface area contributed by atoms with Crippen LogP contribution in [0.5, 0.6) is 0 Å². The maximum absolute atomic E-state index is 12.1. The number of rotatable bonds is 4. The number of pyridine rings is 1. The smallest absolute Gasteiger partial charge is 0.257 e. The Morgan fingerprint density at radius 2 is 2.10 bits per heavy atom. The van der Waals surface area contributed by atoms with E-state index in [1.165, 1.54) is 10.8 Å². The summed E-state index contributed by atoms with van der Waals surface area (Å²) < 4.78 is 29.4. The van der Waals surface area contributed by atoms with Crippen molar-refractivity contribution >= 4 is 20.9 Å². The fourth-order valence-corrected chi connectivity index (χ4v) is 2.29. The van der Waals surface area contributed by atoms with Crippen LogP contribution in [-0.2, 0) is 28.2 Å². The summed E-state index contributed by atoms with van der Waals surface area (Å²) in [5.41, 5.74) is 0.507. The van der Waals surface area contributed by atoms with Crippen LogP contribution in [0, 0.1) is 0 Å². The fourth-order valence-electron chi connectivity index (χ4n) is 1.79. The van der Waals surface area contributed by atoms with Crippen molar-refractivity contribution in [2.45, 2.75) is 18.7 Å². The number of ether oxygens (including phenoxy) is 1. The largest absolute Gasteiger partial charge is 0.377 e. The molecule has 0 atom stereocenters. The van der Waals surface area contributed by atoms with Gasteiger partial charge >= 0.3 is 0 Å². The monoisotopic (exact) mass is 297 g/mol. The topological polar surface area (TPSA) is 91.2 Å². The first-order valence-corrected chi connectivity index (χ1v) is 7.87. The lowest BCUT2D eigenvalue weighted by molar-refractivity contribution is 0.133. The third kappa shape index (κ3) is 2.70. The standard InChI is InChI=1S/C12H15N3O4S/c1-4-19-7-9-5-8-6-13-12(20(3,17)18)14-10(8)15(2)11(9)16/h5-6H,4,7H2,1-3H3. The van der Waals surface area contributed by atoms with Gasteiger partial charge in [0.2, 0.25) is 15.0 Å². The van der Waals surface area contributed by atoms with Gasteiger partial charge in [0.15, 0.2) is 0 Å². The summed E-state index contributed by atoms with van der Waals surface area (Å²) in [6.45, 7) is 2.55. The van der Waals surface area contributed by atoms with E-state index in [1.54, 1.807) is 13.1 Å². The Morgan fingerprint density at radius 1 is 1.40 bits per heavy atom. The number of fused-ring (bicyclic) bond motifs is 1. The molecule has 0 amide bonds. The van der Waals surface area contributed by atoms with E-state index in [-0.39, 0.29) is 23.0 Å². The van der Waals surface area contributed by atoms with Gasteiger partial charge in [-0.2, -0.15) is 4.98 Å². The summed E-state index contributed by atoms with van der Waals surface area (Å²) >= 11 is 0. The lowest BCUT2D eigenvalue weighted by Gasteiger charge is -2.08. The predicted molar refractivity (Wildman–Crippen MR) is 73.2 cm³/mol. The Labute approximate surface area is 116 Å². The van der Waals surface area contributed by atoms with Crippen LogP contribution in [0.15, 0.2) is 22.2 Å². The number of hydrogen-bond donors (Lipinski definition) is 0. The minimum absolute atomic E-state index is 0.201. The molecule has 108 valence electrons. The Hall–Kier alpha value is -1.80. The van der Waals surface area contributed by atoms with Crippen molar-refractivity contribution in [3.8, 4) is 0 Å². The Kier molecular flexibility index (Phi) is 3.87. The van der Waals surface area contributed by atoms with Gasteiger partial charge in [-0.15, -0.1) is 0 Å². The van der Waals surface area contributed by atoms with Gasteiger partial charge in [-0.25, -0.2) is 13.4 Å². The molecule has 0 saturated heterocycles. The van der Waals surface area contributed by atoms with E-state index in [1.807, 2.05) is 6.92 Å². The molecule has 8 heteroatoms. The van der Waals surface area contributed by atoms with Gasteiger partial charge in [0, 0.05) is 37.1 Å². The van der Waals surface area contributed by atoms with Crippen molar-refractivity contribution in [3.63, 3.8) is 0 Å². The second-order valence-corrected chi connectivity index (χ2v) is 6.28. The molecule has 0 aliphatic carbocycles. The van der Waals surface area contributed by atoms with Crippen LogP contribution in [-0.4, -0.2) is 35.8 Å². The first-order chi connectivity index (χ1) is 9.34. The molecule has 0 bridgehead atoms. The van der Waals surface area contributed by atoms with Gasteiger partial charge in [-0.05, 0) is 13.0 Å². The highest BCUT2D eigenvalue weighted by Crippen LogP contribution is 2.12. The van der Waals surface area contributed by atoms with E-state index in [4.69, 9.17) is 4.74 Å². The predicted octanol–water partition coefficient (Wildman–Crippen LogP) is 0.268. The molecule has 0 radical (unpaired) electrons. The van der Waals surface area contributed by atoms with Crippen molar-refractivity contribution in [1.29, 1.82) is 0 Å². The molecule has 2 heterocycles. The maximum Gasteiger partial charge on any atom is 0.257 e. The molecule has 0 aromatic carbocycles. The normalized spacial score (nSPS) is 11.9. The molecule has 0 aliphatic rings. The number of aryl methyl sites for hydroxylation is 1. The molecule has 0 fully saturated rings. The molecule has 2 aromatic rings. The van der Waals surface area contributed by atoms with Crippen LogP contribution in [0.4, 0.5) is 0 Å². The van der Waals surface area contributed by atoms with E-state index in [0.717, 1.165) is 6.26 Å². The van der Waals surface area contributed by atoms with Crippen molar-refractivity contribution in [1.82, 2.24) is 14.5 Å². The highest BCUT2D eigenvalue weighted by molar-refractivity contribution is 7.90. The second kappa shape index (κ2) is 5.29. The maximum atomic E-state index is 12.1. The van der Waals surface area contributed by atoms with Gasteiger partial charge in [-0.3, -0.25) is 9.36 Å². The molecule has 0 saturated carbocycles. The van der Waals surface area contributed by atoms with Crippen molar-refractivity contribution in [2.75, 3.05) is 12.9 Å². The fraction of sp³-hybridized carbons (Fsp3) is 0.417. The molecular weight excluding hydrogens is 282 g/mol. The number of nitrogens with zero attached hydrogens (tertiary/aromatic N) is 3. The third-order valence-corrected chi connectivity index (χ3v) is 3.65. The number of sulfone groups is 1. The van der Waals surface area contributed by atoms with Crippen LogP contribution >= 0.6 is 0 Å². The first-order valence-electron chi connectivity index (χ1n) is 5.98. The Balaban J connectivity index is 2.67. The molecule has 2 aromatic heterocycles. The van der Waals surface area contributed by atoms with Crippen molar-refractivity contribution in [3.05, 3.63) is 28.2 Å².